The van der Waals surface area contributed by atoms with Gasteiger partial charge in [-0.15, -0.1) is 0 Å². The minimum absolute atomic E-state index is 0.0838. The molecule has 1 aromatic rings. The molecule has 1 aliphatic heterocycles. The highest BCUT2D eigenvalue weighted by molar-refractivity contribution is 5.74. The number of anilines is 1. The molecular weight excluding hydrogens is 266 g/mol. The molecule has 5 heteroatoms. The molecule has 1 atom stereocenters. The molecule has 21 heavy (non-hydrogen) atoms. The Morgan fingerprint density at radius 2 is 2.10 bits per heavy atom. The molecule has 2 rings (SSSR count). The van der Waals surface area contributed by atoms with Crippen LogP contribution < -0.4 is 21.1 Å². The molecule has 1 amide bonds. The third-order valence-electron chi connectivity index (χ3n) is 4.16. The van der Waals surface area contributed by atoms with Crippen LogP contribution in [0.25, 0.3) is 0 Å². The Morgan fingerprint density at radius 3 is 2.62 bits per heavy atom. The van der Waals surface area contributed by atoms with Crippen LogP contribution in [0.5, 0.6) is 5.75 Å². The molecule has 1 fully saturated rings. The average Bonchev–Trinajstić information content (AvgIpc) is 2.46. The highest BCUT2D eigenvalue weighted by atomic mass is 16.5. The average molecular weight is 291 g/mol. The first-order valence-electron chi connectivity index (χ1n) is 7.48. The first-order chi connectivity index (χ1) is 10.0. The largest absolute Gasteiger partial charge is 0.496 e. The van der Waals surface area contributed by atoms with Crippen LogP contribution in [-0.2, 0) is 4.79 Å². The van der Waals surface area contributed by atoms with Gasteiger partial charge in [-0.1, -0.05) is 6.07 Å². The zero-order valence-electron chi connectivity index (χ0n) is 12.8. The fourth-order valence-corrected chi connectivity index (χ4v) is 3.11. The van der Waals surface area contributed by atoms with Gasteiger partial charge in [-0.2, -0.15) is 0 Å². The van der Waals surface area contributed by atoms with Crippen LogP contribution in [-0.4, -0.2) is 26.1 Å². The molecule has 1 saturated heterocycles. The molecule has 1 aliphatic rings. The van der Waals surface area contributed by atoms with E-state index >= 15 is 0 Å². The summed E-state index contributed by atoms with van der Waals surface area (Å²) in [5.41, 5.74) is 13.6. The van der Waals surface area contributed by atoms with Crippen molar-refractivity contribution < 1.29 is 9.53 Å². The summed E-state index contributed by atoms with van der Waals surface area (Å²) >= 11 is 0. The van der Waals surface area contributed by atoms with Gasteiger partial charge in [-0.05, 0) is 37.8 Å². The third kappa shape index (κ3) is 3.67. The zero-order chi connectivity index (χ0) is 15.4. The van der Waals surface area contributed by atoms with Crippen LogP contribution in [0.2, 0.25) is 0 Å². The Hall–Kier alpha value is -1.75. The van der Waals surface area contributed by atoms with Gasteiger partial charge in [0.1, 0.15) is 5.75 Å². The molecule has 0 bridgehead atoms. The Kier molecular flexibility index (Phi) is 5.07. The van der Waals surface area contributed by atoms with E-state index in [2.05, 4.69) is 11.0 Å². The number of hydrogen-bond donors (Lipinski definition) is 2. The second-order valence-corrected chi connectivity index (χ2v) is 5.78. The van der Waals surface area contributed by atoms with E-state index in [4.69, 9.17) is 16.2 Å². The van der Waals surface area contributed by atoms with Crippen molar-refractivity contribution in [1.82, 2.24) is 0 Å². The summed E-state index contributed by atoms with van der Waals surface area (Å²) in [6.45, 7) is 3.82. The summed E-state index contributed by atoms with van der Waals surface area (Å²) in [4.78, 5) is 13.4. The van der Waals surface area contributed by atoms with Gasteiger partial charge in [-0.25, -0.2) is 0 Å². The third-order valence-corrected chi connectivity index (χ3v) is 4.16. The van der Waals surface area contributed by atoms with Crippen molar-refractivity contribution in [3.63, 3.8) is 0 Å². The Morgan fingerprint density at radius 1 is 1.43 bits per heavy atom. The number of carbonyl (C=O) groups excluding carboxylic acids is 1. The number of methoxy groups -OCH3 is 1. The van der Waals surface area contributed by atoms with Crippen LogP contribution in [0, 0.1) is 5.92 Å². The van der Waals surface area contributed by atoms with E-state index in [0.29, 0.717) is 12.3 Å². The van der Waals surface area contributed by atoms with E-state index in [1.54, 1.807) is 7.11 Å². The predicted octanol–water partition coefficient (Wildman–Crippen LogP) is 1.81. The molecule has 1 unspecified atom stereocenters. The number of rotatable bonds is 5. The molecule has 5 nitrogen and oxygen atoms in total. The lowest BCUT2D eigenvalue weighted by atomic mass is 9.92. The number of ether oxygens (including phenoxy) is 1. The number of primary amides is 1. The zero-order valence-corrected chi connectivity index (χ0v) is 12.8. The second-order valence-electron chi connectivity index (χ2n) is 5.78. The number of piperidine rings is 1. The van der Waals surface area contributed by atoms with Crippen molar-refractivity contribution >= 4 is 11.6 Å². The summed E-state index contributed by atoms with van der Waals surface area (Å²) < 4.78 is 5.44. The maximum Gasteiger partial charge on any atom is 0.217 e. The predicted molar refractivity (Wildman–Crippen MR) is 84.3 cm³/mol. The molecule has 1 heterocycles. The topological polar surface area (TPSA) is 81.6 Å². The van der Waals surface area contributed by atoms with Crippen LogP contribution in [0.3, 0.4) is 0 Å². The number of carbonyl (C=O) groups is 1. The van der Waals surface area contributed by atoms with Gasteiger partial charge in [0.05, 0.1) is 7.11 Å². The van der Waals surface area contributed by atoms with Crippen LogP contribution >= 0.6 is 0 Å². The van der Waals surface area contributed by atoms with Gasteiger partial charge >= 0.3 is 0 Å². The first-order valence-corrected chi connectivity index (χ1v) is 7.48. The van der Waals surface area contributed by atoms with Gasteiger partial charge in [0.2, 0.25) is 5.91 Å². The van der Waals surface area contributed by atoms with Crippen LogP contribution in [0.15, 0.2) is 18.2 Å². The normalized spacial score (nSPS) is 17.6. The van der Waals surface area contributed by atoms with E-state index in [0.717, 1.165) is 42.9 Å². The molecule has 0 spiro atoms. The molecule has 0 saturated carbocycles. The lowest BCUT2D eigenvalue weighted by Crippen LogP contribution is -2.36. The number of amides is 1. The van der Waals surface area contributed by atoms with Gasteiger partial charge in [0, 0.05) is 36.8 Å². The number of hydrogen-bond acceptors (Lipinski definition) is 4. The van der Waals surface area contributed by atoms with Crippen molar-refractivity contribution in [2.24, 2.45) is 17.4 Å². The molecule has 0 aromatic heterocycles. The fourth-order valence-electron chi connectivity index (χ4n) is 3.11. The Balaban J connectivity index is 2.15. The van der Waals surface area contributed by atoms with E-state index in [-0.39, 0.29) is 11.9 Å². The van der Waals surface area contributed by atoms with E-state index in [1.165, 1.54) is 0 Å². The van der Waals surface area contributed by atoms with Crippen molar-refractivity contribution in [1.29, 1.82) is 0 Å². The monoisotopic (exact) mass is 291 g/mol. The maximum absolute atomic E-state index is 11.0. The molecule has 0 aliphatic carbocycles. The van der Waals surface area contributed by atoms with Gasteiger partial charge in [-0.3, -0.25) is 4.79 Å². The fraction of sp³-hybridized carbons (Fsp3) is 0.562. The number of nitrogens with zero attached hydrogens (tertiary/aromatic N) is 1. The summed E-state index contributed by atoms with van der Waals surface area (Å²) in [6, 6.07) is 5.95. The van der Waals surface area contributed by atoms with Gasteiger partial charge in [0.15, 0.2) is 0 Å². The highest BCUT2D eigenvalue weighted by Gasteiger charge is 2.24. The minimum Gasteiger partial charge on any atom is -0.496 e. The van der Waals surface area contributed by atoms with Crippen LogP contribution in [0.4, 0.5) is 5.69 Å². The van der Waals surface area contributed by atoms with Crippen molar-refractivity contribution in [2.45, 2.75) is 32.2 Å². The summed E-state index contributed by atoms with van der Waals surface area (Å²) in [5.74, 6) is 1.04. The molecule has 0 radical (unpaired) electrons. The van der Waals surface area contributed by atoms with Crippen molar-refractivity contribution in [2.75, 3.05) is 25.1 Å². The van der Waals surface area contributed by atoms with Gasteiger partial charge < -0.3 is 21.1 Å². The summed E-state index contributed by atoms with van der Waals surface area (Å²) in [6.07, 6.45) is 2.46. The highest BCUT2D eigenvalue weighted by Crippen LogP contribution is 2.35. The summed E-state index contributed by atoms with van der Waals surface area (Å²) in [5, 5.41) is 0. The van der Waals surface area contributed by atoms with E-state index < -0.39 is 0 Å². The first kappa shape index (κ1) is 15.6. The number of benzene rings is 1. The van der Waals surface area contributed by atoms with Crippen molar-refractivity contribution in [3.05, 3.63) is 23.8 Å². The maximum atomic E-state index is 11.0. The Labute approximate surface area is 126 Å². The molecule has 1 aromatic carbocycles. The smallest absolute Gasteiger partial charge is 0.217 e. The lowest BCUT2D eigenvalue weighted by Gasteiger charge is -2.35. The standard InChI is InChI=1S/C16H25N3O2/c1-11(17)16-13(4-3-5-14(16)21-2)19-8-6-12(7-9-19)10-15(18)20/h3-5,11-12H,6-10,17H2,1-2H3,(H2,18,20). The van der Waals surface area contributed by atoms with Gasteiger partial charge in [0.25, 0.3) is 0 Å². The minimum atomic E-state index is -0.203. The number of nitrogens with two attached hydrogens (primary N) is 2. The second kappa shape index (κ2) is 6.80. The molecule has 116 valence electrons. The quantitative estimate of drug-likeness (QED) is 0.867. The van der Waals surface area contributed by atoms with Crippen LogP contribution in [0.1, 0.15) is 37.8 Å². The molecule has 4 N–H and O–H groups in total. The SMILES string of the molecule is COc1cccc(N2CCC(CC(N)=O)CC2)c1C(C)N. The Bertz CT molecular complexity index is 494. The summed E-state index contributed by atoms with van der Waals surface area (Å²) in [7, 11) is 1.67. The molecular formula is C16H25N3O2. The lowest BCUT2D eigenvalue weighted by molar-refractivity contribution is -0.119. The van der Waals surface area contributed by atoms with Crippen molar-refractivity contribution in [3.8, 4) is 5.75 Å². The van der Waals surface area contributed by atoms with E-state index in [9.17, 15) is 4.79 Å². The van der Waals surface area contributed by atoms with E-state index in [1.807, 2.05) is 19.1 Å².